The highest BCUT2D eigenvalue weighted by Crippen LogP contribution is 2.32. The van der Waals surface area contributed by atoms with E-state index in [4.69, 9.17) is 9.84 Å². The molecule has 33 heavy (non-hydrogen) atoms. The van der Waals surface area contributed by atoms with Crippen LogP contribution < -0.4 is 4.74 Å². The topological polar surface area (TPSA) is 42.8 Å². The van der Waals surface area contributed by atoms with Gasteiger partial charge in [-0.25, -0.2) is 0 Å². The van der Waals surface area contributed by atoms with Gasteiger partial charge in [-0.2, -0.15) is 5.10 Å². The highest BCUT2D eigenvalue weighted by molar-refractivity contribution is 5.60. The largest absolute Gasteiger partial charge is 0.573 e. The molecular weight excluding hydrogens is 433 g/mol. The molecular formula is C24H33F3N4O2. The molecule has 9 heteroatoms. The summed E-state index contributed by atoms with van der Waals surface area (Å²) < 4.78 is 48.9. The third kappa shape index (κ3) is 6.49. The first-order chi connectivity index (χ1) is 15.8. The van der Waals surface area contributed by atoms with Crippen LogP contribution in [-0.4, -0.2) is 78.4 Å². The van der Waals surface area contributed by atoms with Crippen molar-refractivity contribution in [1.29, 1.82) is 0 Å². The molecule has 0 radical (unpaired) electrons. The van der Waals surface area contributed by atoms with E-state index >= 15 is 0 Å². The van der Waals surface area contributed by atoms with E-state index in [0.29, 0.717) is 12.0 Å². The fourth-order valence-corrected chi connectivity index (χ4v) is 4.60. The van der Waals surface area contributed by atoms with Gasteiger partial charge in [-0.15, -0.1) is 13.2 Å². The molecule has 3 heterocycles. The lowest BCUT2D eigenvalue weighted by Gasteiger charge is -2.35. The van der Waals surface area contributed by atoms with E-state index in [-0.39, 0.29) is 5.75 Å². The molecule has 2 aliphatic rings. The van der Waals surface area contributed by atoms with Crippen LogP contribution in [0.15, 0.2) is 30.3 Å². The van der Waals surface area contributed by atoms with Gasteiger partial charge in [0, 0.05) is 50.5 Å². The van der Waals surface area contributed by atoms with Crippen molar-refractivity contribution in [3.8, 4) is 17.0 Å². The number of morpholine rings is 1. The second kappa shape index (κ2) is 10.4. The second-order valence-corrected chi connectivity index (χ2v) is 9.15. The monoisotopic (exact) mass is 466 g/mol. The maximum atomic E-state index is 12.4. The number of halogens is 3. The van der Waals surface area contributed by atoms with Crippen LogP contribution in [0.3, 0.4) is 0 Å². The van der Waals surface area contributed by atoms with E-state index in [1.165, 1.54) is 12.1 Å². The van der Waals surface area contributed by atoms with Crippen LogP contribution >= 0.6 is 0 Å². The molecule has 0 saturated carbocycles. The Hall–Kier alpha value is -2.10. The van der Waals surface area contributed by atoms with Gasteiger partial charge in [-0.05, 0) is 49.1 Å². The molecule has 2 aliphatic heterocycles. The summed E-state index contributed by atoms with van der Waals surface area (Å²) in [6.45, 7) is 12.3. The van der Waals surface area contributed by atoms with Crippen molar-refractivity contribution in [2.24, 2.45) is 0 Å². The average Bonchev–Trinajstić information content (AvgIpc) is 3.24. The summed E-state index contributed by atoms with van der Waals surface area (Å²) in [4.78, 5) is 5.00. The third-order valence-corrected chi connectivity index (χ3v) is 6.48. The van der Waals surface area contributed by atoms with Crippen molar-refractivity contribution in [3.05, 3.63) is 36.0 Å². The number of ether oxygens (including phenoxy) is 2. The number of hydrogen-bond acceptors (Lipinski definition) is 5. The van der Waals surface area contributed by atoms with Gasteiger partial charge >= 0.3 is 6.36 Å². The smallest absolute Gasteiger partial charge is 0.406 e. The maximum absolute atomic E-state index is 12.4. The molecule has 182 valence electrons. The van der Waals surface area contributed by atoms with E-state index in [1.807, 2.05) is 0 Å². The minimum atomic E-state index is -4.69. The Bertz CT molecular complexity index is 884. The third-order valence-electron chi connectivity index (χ3n) is 6.48. The summed E-state index contributed by atoms with van der Waals surface area (Å²) in [5.41, 5.74) is 2.73. The molecule has 2 saturated heterocycles. The number of rotatable bonds is 7. The van der Waals surface area contributed by atoms with Gasteiger partial charge in [0.1, 0.15) is 5.75 Å². The highest BCUT2D eigenvalue weighted by Gasteiger charge is 2.31. The number of alkyl halides is 3. The first-order valence-electron chi connectivity index (χ1n) is 11.8. The Kier molecular flexibility index (Phi) is 7.61. The van der Waals surface area contributed by atoms with Gasteiger partial charge in [0.25, 0.3) is 0 Å². The number of piperidine rings is 1. The Labute approximate surface area is 193 Å². The van der Waals surface area contributed by atoms with E-state index in [0.717, 1.165) is 82.3 Å². The quantitative estimate of drug-likeness (QED) is 0.599. The van der Waals surface area contributed by atoms with Gasteiger partial charge < -0.3 is 14.4 Å². The van der Waals surface area contributed by atoms with Crippen molar-refractivity contribution in [2.75, 3.05) is 52.5 Å². The minimum absolute atomic E-state index is 0.223. The first kappa shape index (κ1) is 24.0. The molecule has 6 nitrogen and oxygen atoms in total. The fourth-order valence-electron chi connectivity index (χ4n) is 4.60. The molecule has 0 amide bonds. The average molecular weight is 467 g/mol. The van der Waals surface area contributed by atoms with Crippen LogP contribution in [0.25, 0.3) is 11.3 Å². The molecule has 1 aromatic heterocycles. The molecule has 1 aromatic carbocycles. The van der Waals surface area contributed by atoms with Crippen molar-refractivity contribution in [2.45, 2.75) is 45.0 Å². The predicted molar refractivity (Wildman–Crippen MR) is 120 cm³/mol. The molecule has 2 aromatic rings. The van der Waals surface area contributed by atoms with E-state index in [9.17, 15) is 13.2 Å². The van der Waals surface area contributed by atoms with E-state index in [2.05, 4.69) is 39.1 Å². The lowest BCUT2D eigenvalue weighted by molar-refractivity contribution is -0.274. The van der Waals surface area contributed by atoms with Gasteiger partial charge in [-0.1, -0.05) is 13.8 Å². The maximum Gasteiger partial charge on any atom is 0.573 e. The highest BCUT2D eigenvalue weighted by atomic mass is 19.4. The molecule has 0 atom stereocenters. The van der Waals surface area contributed by atoms with Crippen LogP contribution in [0.1, 0.15) is 44.3 Å². The Balaban J connectivity index is 1.39. The summed E-state index contributed by atoms with van der Waals surface area (Å²) in [6.07, 6.45) is -2.60. The van der Waals surface area contributed by atoms with Crippen molar-refractivity contribution in [3.63, 3.8) is 0 Å². The molecule has 0 spiro atoms. The Morgan fingerprint density at radius 1 is 1.00 bits per heavy atom. The minimum Gasteiger partial charge on any atom is -0.406 e. The number of benzene rings is 1. The SMILES string of the molecule is CC(C)c1cc(-c2ccc(OC(F)(F)F)cc2)nn1C1CCN(CCN2CCOCC2)CC1. The number of hydrogen-bond donors (Lipinski definition) is 0. The zero-order chi connectivity index (χ0) is 23.4. The summed E-state index contributed by atoms with van der Waals surface area (Å²) in [5.74, 6) is 0.0812. The number of nitrogens with zero attached hydrogens (tertiary/aromatic N) is 4. The molecule has 0 aliphatic carbocycles. The molecule has 2 fully saturated rings. The van der Waals surface area contributed by atoms with Crippen molar-refractivity contribution < 1.29 is 22.6 Å². The first-order valence-corrected chi connectivity index (χ1v) is 11.8. The van der Waals surface area contributed by atoms with E-state index in [1.54, 1.807) is 12.1 Å². The summed E-state index contributed by atoms with van der Waals surface area (Å²) in [6, 6.07) is 8.34. The predicted octanol–water partition coefficient (Wildman–Crippen LogP) is 4.54. The standard InChI is InChI=1S/C24H33F3N4O2/c1-18(2)23-17-22(19-3-5-21(6-4-19)33-24(25,26)27)28-31(23)20-7-9-29(10-8-20)11-12-30-13-15-32-16-14-30/h3-6,17-18,20H,7-16H2,1-2H3. The molecule has 0 bridgehead atoms. The van der Waals surface area contributed by atoms with Gasteiger partial charge in [0.05, 0.1) is 24.9 Å². The summed E-state index contributed by atoms with van der Waals surface area (Å²) >= 11 is 0. The van der Waals surface area contributed by atoms with Gasteiger partial charge in [0.15, 0.2) is 0 Å². The fraction of sp³-hybridized carbons (Fsp3) is 0.625. The zero-order valence-electron chi connectivity index (χ0n) is 19.4. The van der Waals surface area contributed by atoms with Gasteiger partial charge in [0.2, 0.25) is 0 Å². The van der Waals surface area contributed by atoms with Crippen molar-refractivity contribution >= 4 is 0 Å². The Morgan fingerprint density at radius 3 is 2.18 bits per heavy atom. The lowest BCUT2D eigenvalue weighted by atomic mass is 10.0. The Morgan fingerprint density at radius 2 is 1.61 bits per heavy atom. The second-order valence-electron chi connectivity index (χ2n) is 9.15. The lowest BCUT2D eigenvalue weighted by Crippen LogP contribution is -2.43. The number of aromatic nitrogens is 2. The van der Waals surface area contributed by atoms with Gasteiger partial charge in [-0.3, -0.25) is 9.58 Å². The van der Waals surface area contributed by atoms with Crippen LogP contribution in [-0.2, 0) is 4.74 Å². The van der Waals surface area contributed by atoms with Crippen LogP contribution in [0.5, 0.6) is 5.75 Å². The molecule has 0 unspecified atom stereocenters. The van der Waals surface area contributed by atoms with E-state index < -0.39 is 6.36 Å². The normalized spacial score (nSPS) is 19.3. The number of likely N-dealkylation sites (tertiary alicyclic amines) is 1. The zero-order valence-corrected chi connectivity index (χ0v) is 19.4. The van der Waals surface area contributed by atoms with Crippen LogP contribution in [0.2, 0.25) is 0 Å². The van der Waals surface area contributed by atoms with Crippen LogP contribution in [0.4, 0.5) is 13.2 Å². The van der Waals surface area contributed by atoms with Crippen molar-refractivity contribution in [1.82, 2.24) is 19.6 Å². The summed E-state index contributed by atoms with van der Waals surface area (Å²) in [5, 5.41) is 4.89. The molecule has 4 rings (SSSR count). The summed E-state index contributed by atoms with van der Waals surface area (Å²) in [7, 11) is 0. The van der Waals surface area contributed by atoms with Crippen LogP contribution in [0, 0.1) is 0 Å². The molecule has 0 N–H and O–H groups in total.